The highest BCUT2D eigenvalue weighted by Crippen LogP contribution is 2.39. The molecule has 1 aromatic carbocycles. The second-order valence-electron chi connectivity index (χ2n) is 7.33. The van der Waals surface area contributed by atoms with E-state index in [-0.39, 0.29) is 18.3 Å². The summed E-state index contributed by atoms with van der Waals surface area (Å²) in [6.45, 7) is 13.1. The largest absolute Gasteiger partial charge is 0.491 e. The van der Waals surface area contributed by atoms with Gasteiger partial charge in [-0.3, -0.25) is 0 Å². The molecule has 0 unspecified atom stereocenters. The van der Waals surface area contributed by atoms with E-state index in [0.29, 0.717) is 6.54 Å². The highest BCUT2D eigenvalue weighted by Gasteiger charge is 2.52. The molecule has 4 nitrogen and oxygen atoms in total. The fourth-order valence-corrected chi connectivity index (χ4v) is 2.62. The summed E-state index contributed by atoms with van der Waals surface area (Å²) in [5.74, 6) is 0. The Morgan fingerprint density at radius 3 is 2.22 bits per heavy atom. The van der Waals surface area contributed by atoms with Gasteiger partial charge < -0.3 is 20.4 Å². The molecule has 1 aliphatic heterocycles. The minimum Gasteiger partial charge on any atom is -0.400 e. The lowest BCUT2D eigenvalue weighted by Crippen LogP contribution is -2.41. The highest BCUT2D eigenvalue weighted by atomic mass is 16.7. The van der Waals surface area contributed by atoms with Gasteiger partial charge in [-0.15, -0.1) is 0 Å². The molecule has 0 aromatic heterocycles. The van der Waals surface area contributed by atoms with Crippen molar-refractivity contribution >= 4 is 18.9 Å². The van der Waals surface area contributed by atoms with Crippen LogP contribution in [-0.4, -0.2) is 31.9 Å². The zero-order valence-electron chi connectivity index (χ0n) is 15.4. The predicted octanol–water partition coefficient (Wildman–Crippen LogP) is 3.12. The van der Waals surface area contributed by atoms with Crippen molar-refractivity contribution in [3.63, 3.8) is 0 Å². The third-order valence-corrected chi connectivity index (χ3v) is 5.15. The molecule has 0 radical (unpaired) electrons. The smallest absolute Gasteiger partial charge is 0.400 e. The summed E-state index contributed by atoms with van der Waals surface area (Å²) in [6.07, 6.45) is 2.15. The van der Waals surface area contributed by atoms with Gasteiger partial charge in [-0.1, -0.05) is 12.1 Å². The molecule has 5 heteroatoms. The van der Waals surface area contributed by atoms with Gasteiger partial charge in [0.15, 0.2) is 0 Å². The Balaban J connectivity index is 2.38. The van der Waals surface area contributed by atoms with Crippen molar-refractivity contribution in [2.24, 2.45) is 0 Å². The summed E-state index contributed by atoms with van der Waals surface area (Å²) < 4.78 is 12.4. The van der Waals surface area contributed by atoms with Crippen LogP contribution >= 0.6 is 0 Å². The highest BCUT2D eigenvalue weighted by molar-refractivity contribution is 6.56. The van der Waals surface area contributed by atoms with Gasteiger partial charge in [0.25, 0.3) is 0 Å². The number of nitrogen functional groups attached to an aromatic ring is 1. The van der Waals surface area contributed by atoms with Crippen LogP contribution in [0.1, 0.15) is 44.4 Å². The Bertz CT molecular complexity index is 608. The molecule has 1 aliphatic rings. The molecule has 1 aromatic rings. The molecule has 126 valence electrons. The van der Waals surface area contributed by atoms with Gasteiger partial charge in [0.05, 0.1) is 11.2 Å². The van der Waals surface area contributed by atoms with Crippen LogP contribution in [0, 0.1) is 13.8 Å². The average Bonchev–Trinajstić information content (AvgIpc) is 2.67. The van der Waals surface area contributed by atoms with Crippen molar-refractivity contribution in [2.75, 3.05) is 19.3 Å². The Labute approximate surface area is 140 Å². The minimum atomic E-state index is -0.343. The van der Waals surface area contributed by atoms with Crippen LogP contribution in [0.2, 0.25) is 0 Å². The number of hydrogen-bond acceptors (Lipinski definition) is 4. The quantitative estimate of drug-likeness (QED) is 0.662. The van der Waals surface area contributed by atoms with Gasteiger partial charge in [0, 0.05) is 12.2 Å². The van der Waals surface area contributed by atoms with Crippen molar-refractivity contribution in [1.29, 1.82) is 0 Å². The lowest BCUT2D eigenvalue weighted by Gasteiger charge is -2.32. The van der Waals surface area contributed by atoms with Crippen LogP contribution in [0.15, 0.2) is 17.6 Å². The number of rotatable bonds is 4. The van der Waals surface area contributed by atoms with Gasteiger partial charge in [0.2, 0.25) is 0 Å². The number of nitrogens with two attached hydrogens (primary N) is 1. The van der Waals surface area contributed by atoms with Crippen LogP contribution in [0.25, 0.3) is 6.08 Å². The van der Waals surface area contributed by atoms with Crippen LogP contribution in [0.3, 0.4) is 0 Å². The third kappa shape index (κ3) is 3.47. The summed E-state index contributed by atoms with van der Waals surface area (Å²) in [7, 11) is 1.59. The molecule has 0 aliphatic carbocycles. The average molecular weight is 316 g/mol. The van der Waals surface area contributed by atoms with E-state index in [1.54, 1.807) is 0 Å². The summed E-state index contributed by atoms with van der Waals surface area (Å²) in [6, 6.07) is 4.01. The molecule has 2 rings (SSSR count). The summed E-state index contributed by atoms with van der Waals surface area (Å²) >= 11 is 0. The van der Waals surface area contributed by atoms with Crippen molar-refractivity contribution in [3.8, 4) is 0 Å². The minimum absolute atomic E-state index is 0.337. The van der Waals surface area contributed by atoms with Crippen LogP contribution in [0.4, 0.5) is 5.69 Å². The monoisotopic (exact) mass is 316 g/mol. The molecule has 1 fully saturated rings. The zero-order valence-corrected chi connectivity index (χ0v) is 15.4. The molecule has 0 atom stereocenters. The number of benzene rings is 1. The van der Waals surface area contributed by atoms with E-state index in [4.69, 9.17) is 15.0 Å². The van der Waals surface area contributed by atoms with E-state index >= 15 is 0 Å². The maximum absolute atomic E-state index is 6.19. The van der Waals surface area contributed by atoms with Crippen LogP contribution in [-0.2, 0) is 9.31 Å². The van der Waals surface area contributed by atoms with E-state index in [0.717, 1.165) is 22.3 Å². The fourth-order valence-electron chi connectivity index (χ4n) is 2.62. The van der Waals surface area contributed by atoms with Crippen molar-refractivity contribution in [2.45, 2.75) is 52.7 Å². The van der Waals surface area contributed by atoms with Gasteiger partial charge in [-0.25, -0.2) is 0 Å². The first-order chi connectivity index (χ1) is 10.6. The third-order valence-electron chi connectivity index (χ3n) is 5.15. The first-order valence-electron chi connectivity index (χ1n) is 8.15. The normalized spacial score (nSPS) is 20.1. The number of likely N-dealkylation sites (N-methyl/N-ethyl adjacent to an activating group) is 1. The number of nitrogens with one attached hydrogen (secondary N) is 1. The predicted molar refractivity (Wildman–Crippen MR) is 98.3 cm³/mol. The van der Waals surface area contributed by atoms with Gasteiger partial charge in [-0.2, -0.15) is 0 Å². The van der Waals surface area contributed by atoms with E-state index < -0.39 is 0 Å². The van der Waals surface area contributed by atoms with Gasteiger partial charge in [0.1, 0.15) is 0 Å². The second kappa shape index (κ2) is 6.31. The molecule has 1 heterocycles. The lowest BCUT2D eigenvalue weighted by molar-refractivity contribution is 0.00578. The lowest BCUT2D eigenvalue weighted by atomic mass is 9.76. The maximum atomic E-state index is 6.19. The first-order valence-corrected chi connectivity index (χ1v) is 8.15. The molecule has 0 spiro atoms. The number of anilines is 1. The van der Waals surface area contributed by atoms with Gasteiger partial charge in [-0.05, 0) is 76.8 Å². The topological polar surface area (TPSA) is 56.5 Å². The van der Waals surface area contributed by atoms with E-state index in [1.165, 1.54) is 5.56 Å². The Morgan fingerprint density at radius 2 is 1.70 bits per heavy atom. The number of hydrogen-bond donors (Lipinski definition) is 2. The Hall–Kier alpha value is -1.30. The van der Waals surface area contributed by atoms with Crippen LogP contribution in [0.5, 0.6) is 0 Å². The fraction of sp³-hybridized carbons (Fsp3) is 0.556. The summed E-state index contributed by atoms with van der Waals surface area (Å²) in [4.78, 5) is 0. The van der Waals surface area contributed by atoms with E-state index in [1.807, 2.05) is 13.1 Å². The maximum Gasteiger partial charge on any atom is 0.491 e. The first kappa shape index (κ1) is 18.0. The van der Waals surface area contributed by atoms with Crippen LogP contribution < -0.4 is 11.1 Å². The molecule has 1 saturated heterocycles. The molecular formula is C18H29BN2O2. The molecule has 3 N–H and O–H groups in total. The summed E-state index contributed by atoms with van der Waals surface area (Å²) in [5.41, 5.74) is 10.7. The van der Waals surface area contributed by atoms with Gasteiger partial charge >= 0.3 is 7.12 Å². The summed E-state index contributed by atoms with van der Waals surface area (Å²) in [5, 5.41) is 3.21. The molecule has 0 saturated carbocycles. The Kier molecular flexibility index (Phi) is 4.95. The molecule has 0 amide bonds. The Morgan fingerprint density at radius 1 is 1.13 bits per heavy atom. The van der Waals surface area contributed by atoms with E-state index in [2.05, 4.69) is 59.0 Å². The molecular weight excluding hydrogens is 287 g/mol. The molecule has 0 bridgehead atoms. The standard InChI is InChI=1S/C18H29BN2O2/c1-12-13(2)16(20)9-8-14(12)10-15(11-21-7)19-22-17(3,4)18(5,6)23-19/h8-10,21H,11,20H2,1-7H3. The molecule has 23 heavy (non-hydrogen) atoms. The second-order valence-corrected chi connectivity index (χ2v) is 7.33. The van der Waals surface area contributed by atoms with Crippen molar-refractivity contribution in [1.82, 2.24) is 5.32 Å². The van der Waals surface area contributed by atoms with E-state index in [9.17, 15) is 0 Å². The SMILES string of the molecule is CNCC(=Cc1ccc(N)c(C)c1C)B1OC(C)(C)C(C)(C)O1. The zero-order chi connectivity index (χ0) is 17.4. The van der Waals surface area contributed by atoms with Crippen molar-refractivity contribution in [3.05, 3.63) is 34.3 Å². The van der Waals surface area contributed by atoms with Crippen molar-refractivity contribution < 1.29 is 9.31 Å².